The smallest absolute Gasteiger partial charge is 0.310 e. The summed E-state index contributed by atoms with van der Waals surface area (Å²) >= 11 is 0. The minimum absolute atomic E-state index is 0.135. The van der Waals surface area contributed by atoms with E-state index < -0.39 is 11.4 Å². The molecule has 2 aliphatic rings. The number of benzene rings is 1. The van der Waals surface area contributed by atoms with Crippen molar-refractivity contribution in [2.45, 2.75) is 38.2 Å². The first-order valence-corrected chi connectivity index (χ1v) is 6.61. The molecular weight excluding hydrogens is 228 g/mol. The highest BCUT2D eigenvalue weighted by molar-refractivity contribution is 5.77. The molecular formula is C15H18O3. The Bertz CT molecular complexity index is 436. The molecule has 0 amide bonds. The number of carbonyl (C=O) groups is 1. The van der Waals surface area contributed by atoms with Gasteiger partial charge < -0.3 is 9.84 Å². The number of fused-ring (bicyclic) bond motifs is 1. The van der Waals surface area contributed by atoms with Crippen LogP contribution in [0, 0.1) is 5.41 Å². The van der Waals surface area contributed by atoms with Gasteiger partial charge in [0.15, 0.2) is 0 Å². The Kier molecular flexibility index (Phi) is 2.86. The largest absolute Gasteiger partial charge is 0.481 e. The number of carboxylic acids is 1. The summed E-state index contributed by atoms with van der Waals surface area (Å²) in [7, 11) is 0. The van der Waals surface area contributed by atoms with Gasteiger partial charge in [-0.1, -0.05) is 24.3 Å². The van der Waals surface area contributed by atoms with Gasteiger partial charge >= 0.3 is 5.97 Å². The fourth-order valence-electron chi connectivity index (χ4n) is 3.32. The lowest BCUT2D eigenvalue weighted by molar-refractivity contribution is -0.150. The van der Waals surface area contributed by atoms with E-state index in [1.54, 1.807) is 0 Å². The number of aliphatic carboxylic acids is 1. The maximum atomic E-state index is 11.7. The molecule has 3 nitrogen and oxygen atoms in total. The normalized spacial score (nSPS) is 25.0. The molecule has 1 aromatic rings. The van der Waals surface area contributed by atoms with Crippen LogP contribution in [0.1, 0.15) is 30.4 Å². The van der Waals surface area contributed by atoms with Gasteiger partial charge in [-0.3, -0.25) is 4.79 Å². The molecule has 1 fully saturated rings. The first kappa shape index (κ1) is 11.7. The van der Waals surface area contributed by atoms with Crippen LogP contribution in [0.15, 0.2) is 24.3 Å². The third kappa shape index (κ3) is 1.93. The maximum absolute atomic E-state index is 11.7. The van der Waals surface area contributed by atoms with E-state index in [2.05, 4.69) is 12.1 Å². The molecule has 0 radical (unpaired) electrons. The van der Waals surface area contributed by atoms with Crippen molar-refractivity contribution in [1.29, 1.82) is 0 Å². The Balaban J connectivity index is 1.84. The summed E-state index contributed by atoms with van der Waals surface area (Å²) in [5, 5.41) is 9.64. The van der Waals surface area contributed by atoms with Crippen molar-refractivity contribution >= 4 is 5.97 Å². The lowest BCUT2D eigenvalue weighted by Gasteiger charge is -2.26. The predicted octanol–water partition coefficient (Wildman–Crippen LogP) is 2.43. The monoisotopic (exact) mass is 246 g/mol. The van der Waals surface area contributed by atoms with Crippen LogP contribution >= 0.6 is 0 Å². The Hall–Kier alpha value is -1.35. The van der Waals surface area contributed by atoms with Crippen LogP contribution < -0.4 is 0 Å². The zero-order chi connectivity index (χ0) is 12.6. The minimum atomic E-state index is -0.672. The summed E-state index contributed by atoms with van der Waals surface area (Å²) in [6.07, 6.45) is 4.15. The molecule has 1 heterocycles. The zero-order valence-electron chi connectivity index (χ0n) is 10.4. The van der Waals surface area contributed by atoms with Crippen molar-refractivity contribution in [2.24, 2.45) is 5.41 Å². The first-order valence-electron chi connectivity index (χ1n) is 6.61. The molecule has 1 aliphatic carbocycles. The van der Waals surface area contributed by atoms with Crippen molar-refractivity contribution in [3.63, 3.8) is 0 Å². The van der Waals surface area contributed by atoms with Gasteiger partial charge in [0.1, 0.15) is 0 Å². The van der Waals surface area contributed by atoms with E-state index in [-0.39, 0.29) is 6.10 Å². The predicted molar refractivity (Wildman–Crippen MR) is 67.5 cm³/mol. The van der Waals surface area contributed by atoms with Crippen molar-refractivity contribution in [3.05, 3.63) is 35.4 Å². The van der Waals surface area contributed by atoms with Gasteiger partial charge in [-0.05, 0) is 43.2 Å². The minimum Gasteiger partial charge on any atom is -0.481 e. The standard InChI is InChI=1S/C15H18O3/c16-14(17)15(10-13-6-3-7-18-13)8-11-4-1-2-5-12(11)9-15/h1-2,4-5,13H,3,6-10H2,(H,16,17). The van der Waals surface area contributed by atoms with Crippen LogP contribution in [0.4, 0.5) is 0 Å². The van der Waals surface area contributed by atoms with Crippen LogP contribution in [0.5, 0.6) is 0 Å². The number of rotatable bonds is 3. The molecule has 0 bridgehead atoms. The highest BCUT2D eigenvalue weighted by Crippen LogP contribution is 2.42. The molecule has 1 atom stereocenters. The Morgan fingerprint density at radius 2 is 2.00 bits per heavy atom. The number of hydrogen-bond donors (Lipinski definition) is 1. The summed E-state index contributed by atoms with van der Waals surface area (Å²) in [4.78, 5) is 11.7. The summed E-state index contributed by atoms with van der Waals surface area (Å²) in [6.45, 7) is 0.785. The molecule has 3 rings (SSSR count). The van der Waals surface area contributed by atoms with Crippen LogP contribution in [0.3, 0.4) is 0 Å². The van der Waals surface area contributed by atoms with Gasteiger partial charge in [-0.15, -0.1) is 0 Å². The van der Waals surface area contributed by atoms with Crippen molar-refractivity contribution in [2.75, 3.05) is 6.61 Å². The molecule has 1 aliphatic heterocycles. The summed E-state index contributed by atoms with van der Waals surface area (Å²) in [6, 6.07) is 8.08. The molecule has 18 heavy (non-hydrogen) atoms. The van der Waals surface area contributed by atoms with E-state index in [0.29, 0.717) is 19.3 Å². The second kappa shape index (κ2) is 4.39. The molecule has 0 saturated carbocycles. The van der Waals surface area contributed by atoms with Crippen molar-refractivity contribution in [3.8, 4) is 0 Å². The zero-order valence-corrected chi connectivity index (χ0v) is 10.4. The van der Waals surface area contributed by atoms with Crippen molar-refractivity contribution < 1.29 is 14.6 Å². The number of carboxylic acid groups (broad SMARTS) is 1. The molecule has 3 heteroatoms. The average Bonchev–Trinajstić information content (AvgIpc) is 2.96. The number of ether oxygens (including phenoxy) is 1. The van der Waals surface area contributed by atoms with Crippen molar-refractivity contribution in [1.82, 2.24) is 0 Å². The fraction of sp³-hybridized carbons (Fsp3) is 0.533. The molecule has 1 unspecified atom stereocenters. The van der Waals surface area contributed by atoms with E-state index in [1.807, 2.05) is 12.1 Å². The first-order chi connectivity index (χ1) is 8.70. The molecule has 0 spiro atoms. The van der Waals surface area contributed by atoms with E-state index >= 15 is 0 Å². The Morgan fingerprint density at radius 3 is 2.50 bits per heavy atom. The SMILES string of the molecule is O=C(O)C1(CC2CCCO2)Cc2ccccc2C1. The Morgan fingerprint density at radius 1 is 1.33 bits per heavy atom. The van der Waals surface area contributed by atoms with Gasteiger partial charge in [-0.2, -0.15) is 0 Å². The molecule has 1 N–H and O–H groups in total. The van der Waals surface area contributed by atoms with Gasteiger partial charge in [0.2, 0.25) is 0 Å². The lowest BCUT2D eigenvalue weighted by atomic mass is 9.79. The quantitative estimate of drug-likeness (QED) is 0.891. The van der Waals surface area contributed by atoms with Gasteiger partial charge in [-0.25, -0.2) is 0 Å². The highest BCUT2D eigenvalue weighted by atomic mass is 16.5. The summed E-state index contributed by atoms with van der Waals surface area (Å²) < 4.78 is 5.63. The van der Waals surface area contributed by atoms with Crippen LogP contribution in [-0.4, -0.2) is 23.8 Å². The van der Waals surface area contributed by atoms with Gasteiger partial charge in [0, 0.05) is 6.61 Å². The molecule has 0 aromatic heterocycles. The third-order valence-electron chi connectivity index (χ3n) is 4.27. The third-order valence-corrected chi connectivity index (χ3v) is 4.27. The van der Waals surface area contributed by atoms with E-state index in [0.717, 1.165) is 19.4 Å². The van der Waals surface area contributed by atoms with Crippen LogP contribution in [0.2, 0.25) is 0 Å². The van der Waals surface area contributed by atoms with Crippen LogP contribution in [0.25, 0.3) is 0 Å². The fourth-order valence-corrected chi connectivity index (χ4v) is 3.32. The Labute approximate surface area is 107 Å². The molecule has 1 aromatic carbocycles. The average molecular weight is 246 g/mol. The number of hydrogen-bond acceptors (Lipinski definition) is 2. The lowest BCUT2D eigenvalue weighted by Crippen LogP contribution is -2.35. The molecule has 1 saturated heterocycles. The summed E-state index contributed by atoms with van der Waals surface area (Å²) in [5.41, 5.74) is 1.74. The molecule has 96 valence electrons. The second-order valence-corrected chi connectivity index (χ2v) is 5.55. The van der Waals surface area contributed by atoms with E-state index in [9.17, 15) is 9.90 Å². The van der Waals surface area contributed by atoms with Gasteiger partial charge in [0.05, 0.1) is 11.5 Å². The van der Waals surface area contributed by atoms with E-state index in [4.69, 9.17) is 4.74 Å². The topological polar surface area (TPSA) is 46.5 Å². The van der Waals surface area contributed by atoms with Gasteiger partial charge in [0.25, 0.3) is 0 Å². The summed E-state index contributed by atoms with van der Waals surface area (Å²) in [5.74, 6) is -0.672. The maximum Gasteiger partial charge on any atom is 0.310 e. The van der Waals surface area contributed by atoms with E-state index in [1.165, 1.54) is 11.1 Å². The highest BCUT2D eigenvalue weighted by Gasteiger charge is 2.45. The van der Waals surface area contributed by atoms with Crippen LogP contribution in [-0.2, 0) is 22.4 Å². The second-order valence-electron chi connectivity index (χ2n) is 5.55.